The summed E-state index contributed by atoms with van der Waals surface area (Å²) in [5.41, 5.74) is 2.33. The van der Waals surface area contributed by atoms with Crippen LogP contribution in [0.4, 0.5) is 0 Å². The Morgan fingerprint density at radius 2 is 2.00 bits per heavy atom. The van der Waals surface area contributed by atoms with E-state index in [0.717, 1.165) is 49.8 Å². The van der Waals surface area contributed by atoms with Gasteiger partial charge in [0.2, 0.25) is 0 Å². The van der Waals surface area contributed by atoms with Gasteiger partial charge in [0, 0.05) is 50.7 Å². The number of hydrogen-bond donors (Lipinski definition) is 2. The summed E-state index contributed by atoms with van der Waals surface area (Å²) in [7, 11) is 1.81. The Hall–Kier alpha value is -1.79. The fraction of sp³-hybridized carbons (Fsp3) is 0.696. The van der Waals surface area contributed by atoms with Crippen LogP contribution in [0.5, 0.6) is 5.75 Å². The number of aryl methyl sites for hydroxylation is 1. The maximum absolute atomic E-state index is 6.19. The summed E-state index contributed by atoms with van der Waals surface area (Å²) >= 11 is 0. The molecular weight excluding hydrogens is 364 g/mol. The minimum Gasteiger partial charge on any atom is -0.488 e. The van der Waals surface area contributed by atoms with Gasteiger partial charge in [0.05, 0.1) is 13.2 Å². The van der Waals surface area contributed by atoms with Crippen LogP contribution in [0, 0.1) is 6.92 Å². The molecule has 0 radical (unpaired) electrons. The number of hydrogen-bond acceptors (Lipinski definition) is 4. The van der Waals surface area contributed by atoms with Gasteiger partial charge in [0.25, 0.3) is 0 Å². The first-order valence-electron chi connectivity index (χ1n) is 10.9. The SMILES string of the molecule is CN=C(NCCCN(C(C)C)C(C)C)NCc1ccc(C)cc1OC1CCOC1. The summed E-state index contributed by atoms with van der Waals surface area (Å²) in [5.74, 6) is 1.76. The van der Waals surface area contributed by atoms with Crippen LogP contribution in [-0.2, 0) is 11.3 Å². The maximum atomic E-state index is 6.19. The quantitative estimate of drug-likeness (QED) is 0.356. The van der Waals surface area contributed by atoms with Gasteiger partial charge in [-0.2, -0.15) is 0 Å². The van der Waals surface area contributed by atoms with Gasteiger partial charge in [-0.1, -0.05) is 12.1 Å². The average Bonchev–Trinajstić information content (AvgIpc) is 3.17. The number of benzene rings is 1. The van der Waals surface area contributed by atoms with Gasteiger partial charge in [-0.3, -0.25) is 9.89 Å². The van der Waals surface area contributed by atoms with Gasteiger partial charge in [-0.05, 0) is 52.7 Å². The summed E-state index contributed by atoms with van der Waals surface area (Å²) in [6, 6.07) is 7.50. The van der Waals surface area contributed by atoms with E-state index >= 15 is 0 Å². The molecule has 1 atom stereocenters. The van der Waals surface area contributed by atoms with Crippen molar-refractivity contribution in [2.75, 3.05) is 33.4 Å². The maximum Gasteiger partial charge on any atom is 0.191 e. The first-order valence-corrected chi connectivity index (χ1v) is 10.9. The van der Waals surface area contributed by atoms with Crippen LogP contribution in [-0.4, -0.2) is 62.4 Å². The van der Waals surface area contributed by atoms with Crippen LogP contribution in [0.1, 0.15) is 51.7 Å². The molecule has 1 aromatic rings. The summed E-state index contributed by atoms with van der Waals surface area (Å²) in [5, 5.41) is 6.85. The summed E-state index contributed by atoms with van der Waals surface area (Å²) in [6.45, 7) is 15.2. The summed E-state index contributed by atoms with van der Waals surface area (Å²) < 4.78 is 11.6. The third-order valence-corrected chi connectivity index (χ3v) is 5.29. The number of guanidine groups is 1. The lowest BCUT2D eigenvalue weighted by atomic mass is 10.1. The van der Waals surface area contributed by atoms with Crippen molar-refractivity contribution in [3.8, 4) is 5.75 Å². The minimum atomic E-state index is 0.151. The van der Waals surface area contributed by atoms with Crippen molar-refractivity contribution in [2.24, 2.45) is 4.99 Å². The number of ether oxygens (including phenoxy) is 2. The van der Waals surface area contributed by atoms with Gasteiger partial charge in [0.15, 0.2) is 5.96 Å². The highest BCUT2D eigenvalue weighted by molar-refractivity contribution is 5.79. The zero-order chi connectivity index (χ0) is 21.2. The third kappa shape index (κ3) is 7.86. The molecule has 0 saturated carbocycles. The van der Waals surface area contributed by atoms with Crippen LogP contribution in [0.15, 0.2) is 23.2 Å². The van der Waals surface area contributed by atoms with E-state index in [9.17, 15) is 0 Å². The Kier molecular flexibility index (Phi) is 9.74. The molecule has 1 aliphatic rings. The second kappa shape index (κ2) is 12.0. The highest BCUT2D eigenvalue weighted by Gasteiger charge is 2.19. The van der Waals surface area contributed by atoms with Crippen LogP contribution in [0.25, 0.3) is 0 Å². The predicted octanol–water partition coefficient (Wildman–Crippen LogP) is 3.34. The van der Waals surface area contributed by atoms with Crippen LogP contribution < -0.4 is 15.4 Å². The Bertz CT molecular complexity index is 632. The molecule has 0 amide bonds. The lowest BCUT2D eigenvalue weighted by Crippen LogP contribution is -2.41. The topological polar surface area (TPSA) is 58.1 Å². The van der Waals surface area contributed by atoms with E-state index in [-0.39, 0.29) is 6.10 Å². The normalized spacial score (nSPS) is 17.4. The summed E-state index contributed by atoms with van der Waals surface area (Å²) in [6.07, 6.45) is 2.18. The van der Waals surface area contributed by atoms with Gasteiger partial charge in [0.1, 0.15) is 11.9 Å². The molecule has 6 nitrogen and oxygen atoms in total. The van der Waals surface area contributed by atoms with Gasteiger partial charge >= 0.3 is 0 Å². The van der Waals surface area contributed by atoms with Gasteiger partial charge in [-0.25, -0.2) is 0 Å². The number of nitrogens with one attached hydrogen (secondary N) is 2. The number of nitrogens with zero attached hydrogens (tertiary/aromatic N) is 2. The Labute approximate surface area is 177 Å². The molecule has 1 aromatic carbocycles. The number of aliphatic imine (C=N–C) groups is 1. The van der Waals surface area contributed by atoms with Crippen molar-refractivity contribution in [1.29, 1.82) is 0 Å². The van der Waals surface area contributed by atoms with E-state index in [1.54, 1.807) is 0 Å². The van der Waals surface area contributed by atoms with E-state index in [1.807, 2.05) is 7.05 Å². The van der Waals surface area contributed by atoms with Crippen molar-refractivity contribution < 1.29 is 9.47 Å². The fourth-order valence-corrected chi connectivity index (χ4v) is 3.68. The lowest BCUT2D eigenvalue weighted by molar-refractivity contribution is 0.140. The van der Waals surface area contributed by atoms with Crippen molar-refractivity contribution >= 4 is 5.96 Å². The van der Waals surface area contributed by atoms with E-state index in [4.69, 9.17) is 9.47 Å². The smallest absolute Gasteiger partial charge is 0.191 e. The molecule has 2 rings (SSSR count). The van der Waals surface area contributed by atoms with Gasteiger partial charge in [-0.15, -0.1) is 0 Å². The standard InChI is InChI=1S/C23H40N4O2/c1-17(2)27(18(3)4)12-7-11-25-23(24-6)26-15-20-9-8-19(5)14-22(20)29-21-10-13-28-16-21/h8-9,14,17-18,21H,7,10-13,15-16H2,1-6H3,(H2,24,25,26). The zero-order valence-corrected chi connectivity index (χ0v) is 19.1. The molecule has 0 aromatic heterocycles. The third-order valence-electron chi connectivity index (χ3n) is 5.29. The largest absolute Gasteiger partial charge is 0.488 e. The molecule has 1 unspecified atom stereocenters. The first-order chi connectivity index (χ1) is 13.9. The van der Waals surface area contributed by atoms with E-state index in [1.165, 1.54) is 5.56 Å². The summed E-state index contributed by atoms with van der Waals surface area (Å²) in [4.78, 5) is 6.87. The number of rotatable bonds is 10. The molecule has 2 N–H and O–H groups in total. The van der Waals surface area contributed by atoms with E-state index in [2.05, 4.69) is 73.3 Å². The molecule has 0 bridgehead atoms. The second-order valence-corrected chi connectivity index (χ2v) is 8.35. The molecule has 1 saturated heterocycles. The highest BCUT2D eigenvalue weighted by Crippen LogP contribution is 2.23. The van der Waals surface area contributed by atoms with Crippen LogP contribution in [0.2, 0.25) is 0 Å². The fourth-order valence-electron chi connectivity index (χ4n) is 3.68. The van der Waals surface area contributed by atoms with Crippen molar-refractivity contribution in [3.05, 3.63) is 29.3 Å². The van der Waals surface area contributed by atoms with E-state index in [0.29, 0.717) is 25.2 Å². The molecule has 6 heteroatoms. The average molecular weight is 405 g/mol. The molecule has 29 heavy (non-hydrogen) atoms. The molecular formula is C23H40N4O2. The van der Waals surface area contributed by atoms with Crippen LogP contribution in [0.3, 0.4) is 0 Å². The van der Waals surface area contributed by atoms with Crippen LogP contribution >= 0.6 is 0 Å². The molecule has 1 aliphatic heterocycles. The van der Waals surface area contributed by atoms with Crippen molar-refractivity contribution in [2.45, 2.75) is 72.2 Å². The zero-order valence-electron chi connectivity index (χ0n) is 19.1. The lowest BCUT2D eigenvalue weighted by Gasteiger charge is -2.30. The van der Waals surface area contributed by atoms with Crippen molar-refractivity contribution in [3.63, 3.8) is 0 Å². The first kappa shape index (κ1) is 23.5. The molecule has 164 valence electrons. The van der Waals surface area contributed by atoms with Gasteiger partial charge < -0.3 is 20.1 Å². The Morgan fingerprint density at radius 1 is 1.24 bits per heavy atom. The Morgan fingerprint density at radius 3 is 2.62 bits per heavy atom. The molecule has 0 spiro atoms. The highest BCUT2D eigenvalue weighted by atomic mass is 16.5. The minimum absolute atomic E-state index is 0.151. The second-order valence-electron chi connectivity index (χ2n) is 8.35. The van der Waals surface area contributed by atoms with E-state index < -0.39 is 0 Å². The molecule has 0 aliphatic carbocycles. The molecule has 1 fully saturated rings. The predicted molar refractivity (Wildman–Crippen MR) is 121 cm³/mol. The molecule has 1 heterocycles. The Balaban J connectivity index is 1.83. The monoisotopic (exact) mass is 404 g/mol. The van der Waals surface area contributed by atoms with Crippen molar-refractivity contribution in [1.82, 2.24) is 15.5 Å².